The zero-order valence-corrected chi connectivity index (χ0v) is 12.5. The van der Waals surface area contributed by atoms with Crippen molar-refractivity contribution in [2.75, 3.05) is 32.8 Å². The molecule has 5 heteroatoms. The van der Waals surface area contributed by atoms with Gasteiger partial charge in [-0.2, -0.15) is 0 Å². The summed E-state index contributed by atoms with van der Waals surface area (Å²) < 4.78 is 16.0. The Labute approximate surface area is 124 Å². The highest BCUT2D eigenvalue weighted by atomic mass is 16.5. The molecule has 0 radical (unpaired) electrons. The Morgan fingerprint density at radius 1 is 0.857 bits per heavy atom. The molecule has 5 nitrogen and oxygen atoms in total. The molecule has 0 fully saturated rings. The van der Waals surface area contributed by atoms with Crippen LogP contribution in [0.2, 0.25) is 0 Å². The van der Waals surface area contributed by atoms with Crippen LogP contribution in [0.25, 0.3) is 0 Å². The summed E-state index contributed by atoms with van der Waals surface area (Å²) in [5, 5.41) is 0. The molecule has 0 unspecified atom stereocenters. The van der Waals surface area contributed by atoms with Crippen LogP contribution in [-0.4, -0.2) is 21.3 Å². The van der Waals surface area contributed by atoms with Crippen LogP contribution in [-0.2, 0) is 6.42 Å². The second-order valence-corrected chi connectivity index (χ2v) is 4.67. The van der Waals surface area contributed by atoms with Crippen molar-refractivity contribution in [3.8, 4) is 17.2 Å². The zero-order chi connectivity index (χ0) is 15.4. The van der Waals surface area contributed by atoms with Crippen molar-refractivity contribution < 1.29 is 14.2 Å². The molecule has 112 valence electrons. The molecule has 4 N–H and O–H groups in total. The number of hydrogen-bond donors (Lipinski definition) is 2. The molecule has 2 aromatic carbocycles. The van der Waals surface area contributed by atoms with E-state index in [-0.39, 0.29) is 0 Å². The van der Waals surface area contributed by atoms with Gasteiger partial charge in [-0.25, -0.2) is 0 Å². The first kappa shape index (κ1) is 14.8. The third-order valence-corrected chi connectivity index (χ3v) is 3.29. The Kier molecular flexibility index (Phi) is 4.42. The summed E-state index contributed by atoms with van der Waals surface area (Å²) in [5.41, 5.74) is 15.1. The van der Waals surface area contributed by atoms with Crippen LogP contribution >= 0.6 is 0 Å². The van der Waals surface area contributed by atoms with E-state index in [4.69, 9.17) is 25.7 Å². The maximum atomic E-state index is 6.00. The second-order valence-electron chi connectivity index (χ2n) is 4.67. The van der Waals surface area contributed by atoms with Crippen LogP contribution in [0.15, 0.2) is 30.3 Å². The molecule has 0 aliphatic rings. The Bertz CT molecular complexity index is 616. The summed E-state index contributed by atoms with van der Waals surface area (Å²) >= 11 is 0. The molecule has 21 heavy (non-hydrogen) atoms. The van der Waals surface area contributed by atoms with Gasteiger partial charge in [-0.3, -0.25) is 0 Å². The van der Waals surface area contributed by atoms with Gasteiger partial charge in [0.15, 0.2) is 11.5 Å². The van der Waals surface area contributed by atoms with Gasteiger partial charge in [0.1, 0.15) is 0 Å². The normalized spacial score (nSPS) is 10.2. The molecule has 2 aromatic rings. The average Bonchev–Trinajstić information content (AvgIpc) is 2.49. The van der Waals surface area contributed by atoms with Crippen LogP contribution in [0.4, 0.5) is 11.4 Å². The lowest BCUT2D eigenvalue weighted by atomic mass is 10.0. The fraction of sp³-hybridized carbons (Fsp3) is 0.250. The van der Waals surface area contributed by atoms with Gasteiger partial charge in [-0.1, -0.05) is 6.07 Å². The average molecular weight is 288 g/mol. The van der Waals surface area contributed by atoms with E-state index in [1.54, 1.807) is 27.4 Å². The topological polar surface area (TPSA) is 79.7 Å². The fourth-order valence-corrected chi connectivity index (χ4v) is 2.23. The Morgan fingerprint density at radius 2 is 1.48 bits per heavy atom. The number of hydrogen-bond acceptors (Lipinski definition) is 5. The maximum Gasteiger partial charge on any atom is 0.203 e. The summed E-state index contributed by atoms with van der Waals surface area (Å²) in [5.74, 6) is 1.83. The van der Waals surface area contributed by atoms with E-state index in [1.807, 2.05) is 24.3 Å². The van der Waals surface area contributed by atoms with Crippen molar-refractivity contribution in [3.05, 3.63) is 41.5 Å². The molecule has 0 bridgehead atoms. The molecule has 0 saturated carbocycles. The molecule has 2 rings (SSSR count). The number of anilines is 2. The van der Waals surface area contributed by atoms with Crippen molar-refractivity contribution in [1.82, 2.24) is 0 Å². The van der Waals surface area contributed by atoms with E-state index >= 15 is 0 Å². The van der Waals surface area contributed by atoms with Crippen molar-refractivity contribution in [2.24, 2.45) is 0 Å². The number of rotatable bonds is 5. The first-order valence-electron chi connectivity index (χ1n) is 6.51. The van der Waals surface area contributed by atoms with Crippen LogP contribution in [0.3, 0.4) is 0 Å². The molecule has 0 aliphatic heterocycles. The minimum Gasteiger partial charge on any atom is -0.493 e. The van der Waals surface area contributed by atoms with Gasteiger partial charge in [0.25, 0.3) is 0 Å². The lowest BCUT2D eigenvalue weighted by Crippen LogP contribution is -2.00. The molecule has 0 aliphatic carbocycles. The fourth-order valence-electron chi connectivity index (χ4n) is 2.23. The van der Waals surface area contributed by atoms with Crippen molar-refractivity contribution in [2.45, 2.75) is 6.42 Å². The molecular formula is C16H20N2O3. The van der Waals surface area contributed by atoms with Crippen LogP contribution in [0.5, 0.6) is 17.2 Å². The van der Waals surface area contributed by atoms with Gasteiger partial charge in [-0.05, 0) is 41.8 Å². The lowest BCUT2D eigenvalue weighted by Gasteiger charge is -2.14. The van der Waals surface area contributed by atoms with Gasteiger partial charge in [0, 0.05) is 11.4 Å². The molecule has 0 saturated heterocycles. The van der Waals surface area contributed by atoms with Gasteiger partial charge in [0.05, 0.1) is 21.3 Å². The molecular weight excluding hydrogens is 268 g/mol. The smallest absolute Gasteiger partial charge is 0.203 e. The third kappa shape index (κ3) is 3.13. The number of methoxy groups -OCH3 is 3. The molecule has 0 aromatic heterocycles. The van der Waals surface area contributed by atoms with Crippen LogP contribution < -0.4 is 25.7 Å². The molecule has 0 amide bonds. The Balaban J connectivity index is 2.40. The van der Waals surface area contributed by atoms with Gasteiger partial charge in [0.2, 0.25) is 5.75 Å². The minimum atomic E-state index is 0.578. The summed E-state index contributed by atoms with van der Waals surface area (Å²) in [7, 11) is 4.77. The maximum absolute atomic E-state index is 6.00. The number of nitrogens with two attached hydrogens (primary N) is 2. The van der Waals surface area contributed by atoms with Crippen molar-refractivity contribution >= 4 is 11.4 Å². The van der Waals surface area contributed by atoms with E-state index in [2.05, 4.69) is 0 Å². The summed E-state index contributed by atoms with van der Waals surface area (Å²) in [4.78, 5) is 0. The van der Waals surface area contributed by atoms with E-state index < -0.39 is 0 Å². The zero-order valence-electron chi connectivity index (χ0n) is 12.5. The summed E-state index contributed by atoms with van der Waals surface area (Å²) in [6.07, 6.45) is 0.656. The van der Waals surface area contributed by atoms with Gasteiger partial charge in [-0.15, -0.1) is 0 Å². The van der Waals surface area contributed by atoms with Crippen molar-refractivity contribution in [1.29, 1.82) is 0 Å². The highest BCUT2D eigenvalue weighted by molar-refractivity contribution is 5.59. The molecule has 0 spiro atoms. The standard InChI is InChI=1S/C16H20N2O3/c1-19-14-7-10(8-15(20-2)16(14)21-3)6-11-4-5-12(17)9-13(11)18/h4-5,7-9H,6,17-18H2,1-3H3. The monoisotopic (exact) mass is 288 g/mol. The quantitative estimate of drug-likeness (QED) is 0.826. The van der Waals surface area contributed by atoms with E-state index in [0.29, 0.717) is 35.0 Å². The first-order valence-corrected chi connectivity index (χ1v) is 6.51. The van der Waals surface area contributed by atoms with E-state index in [1.165, 1.54) is 0 Å². The summed E-state index contributed by atoms with van der Waals surface area (Å²) in [6.45, 7) is 0. The van der Waals surface area contributed by atoms with Gasteiger partial charge >= 0.3 is 0 Å². The highest BCUT2D eigenvalue weighted by Crippen LogP contribution is 2.39. The Morgan fingerprint density at radius 3 is 1.95 bits per heavy atom. The lowest BCUT2D eigenvalue weighted by molar-refractivity contribution is 0.324. The predicted molar refractivity (Wildman–Crippen MR) is 84.2 cm³/mol. The third-order valence-electron chi connectivity index (χ3n) is 3.29. The molecule has 0 atom stereocenters. The highest BCUT2D eigenvalue weighted by Gasteiger charge is 2.14. The Hall–Kier alpha value is -2.56. The van der Waals surface area contributed by atoms with E-state index in [9.17, 15) is 0 Å². The second kappa shape index (κ2) is 6.26. The minimum absolute atomic E-state index is 0.578. The van der Waals surface area contributed by atoms with Crippen LogP contribution in [0.1, 0.15) is 11.1 Å². The first-order chi connectivity index (χ1) is 10.1. The number of nitrogen functional groups attached to an aromatic ring is 2. The number of benzene rings is 2. The van der Waals surface area contributed by atoms with Crippen LogP contribution in [0, 0.1) is 0 Å². The SMILES string of the molecule is COc1cc(Cc2ccc(N)cc2N)cc(OC)c1OC. The number of ether oxygens (including phenoxy) is 3. The largest absolute Gasteiger partial charge is 0.493 e. The summed E-state index contributed by atoms with van der Waals surface area (Å²) in [6, 6.07) is 9.35. The van der Waals surface area contributed by atoms with E-state index in [0.717, 1.165) is 11.1 Å². The molecule has 0 heterocycles. The van der Waals surface area contributed by atoms with Crippen molar-refractivity contribution in [3.63, 3.8) is 0 Å². The van der Waals surface area contributed by atoms with Gasteiger partial charge < -0.3 is 25.7 Å². The predicted octanol–water partition coefficient (Wildman–Crippen LogP) is 2.47.